The first-order chi connectivity index (χ1) is 11.7. The number of halogens is 1. The molecule has 3 rings (SSSR count). The quantitative estimate of drug-likeness (QED) is 0.853. The van der Waals surface area contributed by atoms with E-state index in [0.29, 0.717) is 30.4 Å². The van der Waals surface area contributed by atoms with Crippen molar-refractivity contribution in [3.8, 4) is 6.07 Å². The number of carbonyl (C=O) groups excluding carboxylic acids is 1. The van der Waals surface area contributed by atoms with Gasteiger partial charge in [0.2, 0.25) is 5.91 Å². The first-order valence-electron chi connectivity index (χ1n) is 8.84. The zero-order valence-corrected chi connectivity index (χ0v) is 14.0. The molecule has 0 unspecified atom stereocenters. The molecule has 0 bridgehead atoms. The van der Waals surface area contributed by atoms with Crippen LogP contribution in [-0.2, 0) is 11.3 Å². The summed E-state index contributed by atoms with van der Waals surface area (Å²) < 4.78 is 13.2. The molecular weight excluding hydrogens is 305 g/mol. The number of nitrogens with zero attached hydrogens (tertiary/aromatic N) is 3. The number of hydrogen-bond donors (Lipinski definition) is 0. The minimum atomic E-state index is -0.361. The van der Waals surface area contributed by atoms with Gasteiger partial charge < -0.3 is 4.90 Å². The topological polar surface area (TPSA) is 47.3 Å². The van der Waals surface area contributed by atoms with Gasteiger partial charge in [-0.25, -0.2) is 4.39 Å². The zero-order chi connectivity index (χ0) is 16.9. The molecule has 2 aliphatic rings. The van der Waals surface area contributed by atoms with Crippen LogP contribution in [0.1, 0.15) is 43.2 Å². The lowest BCUT2D eigenvalue weighted by Crippen LogP contribution is -2.42. The Bertz CT molecular complexity index is 632. The van der Waals surface area contributed by atoms with Crippen molar-refractivity contribution in [2.75, 3.05) is 26.2 Å². The standard InChI is InChI=1S/C19H24FN3O/c20-18-5-4-16(17(11-18)12-21)14-22-9-6-15(7-10-22)13-23-8-2-1-3-19(23)24/h4-5,11,15H,1-3,6-10,13-14H2. The van der Waals surface area contributed by atoms with E-state index >= 15 is 0 Å². The summed E-state index contributed by atoms with van der Waals surface area (Å²) in [6.07, 6.45) is 5.03. The lowest BCUT2D eigenvalue weighted by Gasteiger charge is -2.36. The Morgan fingerprint density at radius 1 is 1.21 bits per heavy atom. The fourth-order valence-corrected chi connectivity index (χ4v) is 3.73. The molecule has 4 nitrogen and oxygen atoms in total. The normalized spacial score (nSPS) is 20.2. The molecule has 0 saturated carbocycles. The molecule has 128 valence electrons. The van der Waals surface area contributed by atoms with Gasteiger partial charge in [0, 0.05) is 26.1 Å². The lowest BCUT2D eigenvalue weighted by molar-refractivity contribution is -0.134. The number of amides is 1. The Kier molecular flexibility index (Phi) is 5.47. The summed E-state index contributed by atoms with van der Waals surface area (Å²) in [7, 11) is 0. The zero-order valence-electron chi connectivity index (χ0n) is 14.0. The second kappa shape index (κ2) is 7.76. The Hall–Kier alpha value is -1.93. The molecule has 0 spiro atoms. The Balaban J connectivity index is 1.50. The number of hydrogen-bond acceptors (Lipinski definition) is 3. The number of nitriles is 1. The molecule has 0 N–H and O–H groups in total. The van der Waals surface area contributed by atoms with Gasteiger partial charge in [-0.2, -0.15) is 5.26 Å². The van der Waals surface area contributed by atoms with E-state index in [-0.39, 0.29) is 5.82 Å². The molecule has 0 aromatic heterocycles. The van der Waals surface area contributed by atoms with E-state index in [1.807, 2.05) is 4.90 Å². The van der Waals surface area contributed by atoms with Gasteiger partial charge in [-0.05, 0) is 62.4 Å². The van der Waals surface area contributed by atoms with Crippen LogP contribution in [0.15, 0.2) is 18.2 Å². The third kappa shape index (κ3) is 4.12. The van der Waals surface area contributed by atoms with Crippen molar-refractivity contribution in [1.29, 1.82) is 5.26 Å². The van der Waals surface area contributed by atoms with Crippen LogP contribution in [0.25, 0.3) is 0 Å². The maximum Gasteiger partial charge on any atom is 0.222 e. The van der Waals surface area contributed by atoms with Crippen LogP contribution in [0.3, 0.4) is 0 Å². The smallest absolute Gasteiger partial charge is 0.222 e. The number of rotatable bonds is 4. The highest BCUT2D eigenvalue weighted by Crippen LogP contribution is 2.23. The van der Waals surface area contributed by atoms with E-state index in [1.165, 1.54) is 12.1 Å². The highest BCUT2D eigenvalue weighted by Gasteiger charge is 2.25. The SMILES string of the molecule is N#Cc1cc(F)ccc1CN1CCC(CN2CCCCC2=O)CC1. The first kappa shape index (κ1) is 16.9. The molecule has 5 heteroatoms. The number of piperidine rings is 2. The van der Waals surface area contributed by atoms with Gasteiger partial charge in [-0.1, -0.05) is 6.07 Å². The van der Waals surface area contributed by atoms with Crippen molar-refractivity contribution in [3.63, 3.8) is 0 Å². The van der Waals surface area contributed by atoms with E-state index in [2.05, 4.69) is 11.0 Å². The fraction of sp³-hybridized carbons (Fsp3) is 0.579. The van der Waals surface area contributed by atoms with Gasteiger partial charge in [0.05, 0.1) is 11.6 Å². The molecule has 2 fully saturated rings. The highest BCUT2D eigenvalue weighted by atomic mass is 19.1. The number of likely N-dealkylation sites (tertiary alicyclic amines) is 2. The number of carbonyl (C=O) groups is 1. The van der Waals surface area contributed by atoms with Crippen LogP contribution < -0.4 is 0 Å². The third-order valence-electron chi connectivity index (χ3n) is 5.19. The summed E-state index contributed by atoms with van der Waals surface area (Å²) in [5, 5.41) is 9.15. The summed E-state index contributed by atoms with van der Waals surface area (Å²) in [4.78, 5) is 16.3. The molecule has 1 aromatic carbocycles. The van der Waals surface area contributed by atoms with Gasteiger partial charge in [-0.3, -0.25) is 9.69 Å². The van der Waals surface area contributed by atoms with Crippen molar-refractivity contribution in [2.45, 2.75) is 38.6 Å². The van der Waals surface area contributed by atoms with Gasteiger partial charge in [0.25, 0.3) is 0 Å². The maximum absolute atomic E-state index is 13.2. The summed E-state index contributed by atoms with van der Waals surface area (Å²) >= 11 is 0. The number of benzene rings is 1. The van der Waals surface area contributed by atoms with Gasteiger partial charge in [0.1, 0.15) is 5.82 Å². The third-order valence-corrected chi connectivity index (χ3v) is 5.19. The maximum atomic E-state index is 13.2. The van der Waals surface area contributed by atoms with E-state index < -0.39 is 0 Å². The summed E-state index contributed by atoms with van der Waals surface area (Å²) in [6.45, 7) is 4.44. The van der Waals surface area contributed by atoms with Crippen LogP contribution in [0.5, 0.6) is 0 Å². The molecule has 2 heterocycles. The Morgan fingerprint density at radius 2 is 2.00 bits per heavy atom. The van der Waals surface area contributed by atoms with Crippen molar-refractivity contribution in [3.05, 3.63) is 35.1 Å². The van der Waals surface area contributed by atoms with Crippen molar-refractivity contribution in [1.82, 2.24) is 9.80 Å². The molecule has 0 atom stereocenters. The fourth-order valence-electron chi connectivity index (χ4n) is 3.73. The average Bonchev–Trinajstić information content (AvgIpc) is 2.60. The minimum Gasteiger partial charge on any atom is -0.342 e. The van der Waals surface area contributed by atoms with Crippen LogP contribution in [0.2, 0.25) is 0 Å². The summed E-state index contributed by atoms with van der Waals surface area (Å²) in [5.41, 5.74) is 1.32. The van der Waals surface area contributed by atoms with E-state index in [9.17, 15) is 9.18 Å². The first-order valence-corrected chi connectivity index (χ1v) is 8.84. The molecule has 0 aliphatic carbocycles. The van der Waals surface area contributed by atoms with Crippen LogP contribution in [-0.4, -0.2) is 41.9 Å². The molecule has 2 saturated heterocycles. The largest absolute Gasteiger partial charge is 0.342 e. The Morgan fingerprint density at radius 3 is 2.71 bits per heavy atom. The minimum absolute atomic E-state index is 0.314. The summed E-state index contributed by atoms with van der Waals surface area (Å²) in [6, 6.07) is 6.53. The van der Waals surface area contributed by atoms with Gasteiger partial charge >= 0.3 is 0 Å². The second-order valence-electron chi connectivity index (χ2n) is 6.93. The monoisotopic (exact) mass is 329 g/mol. The van der Waals surface area contributed by atoms with E-state index in [4.69, 9.17) is 5.26 Å². The molecule has 24 heavy (non-hydrogen) atoms. The van der Waals surface area contributed by atoms with Gasteiger partial charge in [-0.15, -0.1) is 0 Å². The molecule has 1 aromatic rings. The highest BCUT2D eigenvalue weighted by molar-refractivity contribution is 5.76. The Labute approximate surface area is 142 Å². The van der Waals surface area contributed by atoms with Crippen molar-refractivity contribution >= 4 is 5.91 Å². The predicted octanol–water partition coefficient (Wildman–Crippen LogP) is 2.92. The van der Waals surface area contributed by atoms with Crippen LogP contribution in [0.4, 0.5) is 4.39 Å². The average molecular weight is 329 g/mol. The molecule has 0 radical (unpaired) electrons. The predicted molar refractivity (Wildman–Crippen MR) is 89.5 cm³/mol. The molecule has 2 aliphatic heterocycles. The van der Waals surface area contributed by atoms with Crippen LogP contribution >= 0.6 is 0 Å². The second-order valence-corrected chi connectivity index (χ2v) is 6.93. The van der Waals surface area contributed by atoms with Crippen LogP contribution in [0, 0.1) is 23.1 Å². The van der Waals surface area contributed by atoms with Crippen molar-refractivity contribution in [2.24, 2.45) is 5.92 Å². The lowest BCUT2D eigenvalue weighted by atomic mass is 9.94. The van der Waals surface area contributed by atoms with E-state index in [0.717, 1.165) is 57.4 Å². The van der Waals surface area contributed by atoms with Gasteiger partial charge in [0.15, 0.2) is 0 Å². The molecule has 1 amide bonds. The van der Waals surface area contributed by atoms with E-state index in [1.54, 1.807) is 6.07 Å². The molecular formula is C19H24FN3O. The van der Waals surface area contributed by atoms with Crippen molar-refractivity contribution < 1.29 is 9.18 Å². The summed E-state index contributed by atoms with van der Waals surface area (Å²) in [5.74, 6) is 0.529.